The highest BCUT2D eigenvalue weighted by molar-refractivity contribution is 7.84. The molecular formula is C20H18Cl2N4O3S. The van der Waals surface area contributed by atoms with E-state index in [0.29, 0.717) is 45.3 Å². The SMILES string of the molecule is COc1cc(OC)c(Cl)c(N2Cc3cnc(S(C)=O)nc3-c3cc(C)cnc32)c1Cl. The largest absolute Gasteiger partial charge is 0.495 e. The first kappa shape index (κ1) is 20.8. The van der Waals surface area contributed by atoms with Gasteiger partial charge in [-0.05, 0) is 18.6 Å². The molecule has 4 rings (SSSR count). The molecule has 0 spiro atoms. The summed E-state index contributed by atoms with van der Waals surface area (Å²) in [5.41, 5.74) is 3.78. The van der Waals surface area contributed by atoms with Gasteiger partial charge in [0.2, 0.25) is 5.16 Å². The first-order valence-corrected chi connectivity index (χ1v) is 11.2. The number of hydrogen-bond donors (Lipinski definition) is 0. The van der Waals surface area contributed by atoms with Crippen LogP contribution in [-0.2, 0) is 17.3 Å². The summed E-state index contributed by atoms with van der Waals surface area (Å²) in [5.74, 6) is 1.49. The number of aromatic nitrogens is 3. The number of anilines is 2. The Kier molecular flexibility index (Phi) is 5.57. The van der Waals surface area contributed by atoms with E-state index in [1.165, 1.54) is 14.2 Å². The molecule has 1 unspecified atom stereocenters. The fraction of sp³-hybridized carbons (Fsp3) is 0.250. The van der Waals surface area contributed by atoms with Crippen LogP contribution in [0.5, 0.6) is 11.5 Å². The summed E-state index contributed by atoms with van der Waals surface area (Å²) in [6, 6.07) is 3.61. The maximum Gasteiger partial charge on any atom is 0.218 e. The van der Waals surface area contributed by atoms with Crippen LogP contribution in [0.15, 0.2) is 29.7 Å². The fourth-order valence-electron chi connectivity index (χ4n) is 3.37. The zero-order chi connectivity index (χ0) is 21.6. The lowest BCUT2D eigenvalue weighted by Crippen LogP contribution is -2.25. The van der Waals surface area contributed by atoms with Crippen molar-refractivity contribution in [2.24, 2.45) is 0 Å². The van der Waals surface area contributed by atoms with Crippen molar-refractivity contribution in [2.45, 2.75) is 18.6 Å². The lowest BCUT2D eigenvalue weighted by molar-refractivity contribution is 0.394. The van der Waals surface area contributed by atoms with Gasteiger partial charge >= 0.3 is 0 Å². The van der Waals surface area contributed by atoms with E-state index in [1.807, 2.05) is 17.9 Å². The molecule has 0 fully saturated rings. The lowest BCUT2D eigenvalue weighted by atomic mass is 10.0. The van der Waals surface area contributed by atoms with E-state index >= 15 is 0 Å². The zero-order valence-electron chi connectivity index (χ0n) is 16.7. The molecule has 0 aliphatic carbocycles. The van der Waals surface area contributed by atoms with Crippen LogP contribution in [0.4, 0.5) is 11.5 Å². The molecule has 3 aromatic rings. The monoisotopic (exact) mass is 464 g/mol. The predicted molar refractivity (Wildman–Crippen MR) is 118 cm³/mol. The first-order valence-electron chi connectivity index (χ1n) is 8.89. The predicted octanol–water partition coefficient (Wildman–Crippen LogP) is 4.56. The van der Waals surface area contributed by atoms with Crippen LogP contribution in [0.1, 0.15) is 11.1 Å². The second-order valence-corrected chi connectivity index (χ2v) is 8.74. The van der Waals surface area contributed by atoms with Gasteiger partial charge in [-0.15, -0.1) is 0 Å². The van der Waals surface area contributed by atoms with Gasteiger partial charge in [0.25, 0.3) is 0 Å². The van der Waals surface area contributed by atoms with Crippen molar-refractivity contribution in [3.05, 3.63) is 45.7 Å². The second-order valence-electron chi connectivity index (χ2n) is 6.71. The molecule has 3 heterocycles. The van der Waals surface area contributed by atoms with Gasteiger partial charge < -0.3 is 14.4 Å². The van der Waals surface area contributed by atoms with E-state index < -0.39 is 10.8 Å². The highest BCUT2D eigenvalue weighted by Gasteiger charge is 2.31. The molecule has 156 valence electrons. The molecule has 0 saturated heterocycles. The van der Waals surface area contributed by atoms with Crippen molar-refractivity contribution in [1.29, 1.82) is 0 Å². The third-order valence-electron chi connectivity index (χ3n) is 4.76. The topological polar surface area (TPSA) is 77.4 Å². The smallest absolute Gasteiger partial charge is 0.218 e. The number of hydrogen-bond acceptors (Lipinski definition) is 7. The number of pyridine rings is 1. The van der Waals surface area contributed by atoms with Crippen LogP contribution in [0.3, 0.4) is 0 Å². The van der Waals surface area contributed by atoms with Gasteiger partial charge in [0, 0.05) is 35.8 Å². The van der Waals surface area contributed by atoms with Crippen LogP contribution in [0.25, 0.3) is 11.3 Å². The summed E-state index contributed by atoms with van der Waals surface area (Å²) in [6.45, 7) is 2.31. The summed E-state index contributed by atoms with van der Waals surface area (Å²) in [5, 5.41) is 0.952. The molecule has 0 radical (unpaired) electrons. The Hall–Kier alpha value is -2.42. The molecule has 0 amide bonds. The quantitative estimate of drug-likeness (QED) is 0.523. The molecule has 0 N–H and O–H groups in total. The molecular weight excluding hydrogens is 447 g/mol. The third kappa shape index (κ3) is 3.38. The lowest BCUT2D eigenvalue weighted by Gasteiger charge is -2.33. The van der Waals surface area contributed by atoms with Crippen LogP contribution in [-0.4, -0.2) is 39.6 Å². The number of ether oxygens (including phenoxy) is 2. The molecule has 1 aliphatic rings. The number of benzene rings is 1. The molecule has 2 aromatic heterocycles. The Morgan fingerprint density at radius 1 is 1.07 bits per heavy atom. The van der Waals surface area contributed by atoms with Crippen LogP contribution < -0.4 is 14.4 Å². The maximum absolute atomic E-state index is 11.9. The molecule has 0 saturated carbocycles. The van der Waals surface area contributed by atoms with E-state index in [9.17, 15) is 4.21 Å². The third-order valence-corrected chi connectivity index (χ3v) is 6.20. The molecule has 1 aromatic carbocycles. The van der Waals surface area contributed by atoms with Gasteiger partial charge in [-0.1, -0.05) is 23.2 Å². The molecule has 1 aliphatic heterocycles. The van der Waals surface area contributed by atoms with Crippen molar-refractivity contribution in [1.82, 2.24) is 15.0 Å². The Labute approximate surface area is 186 Å². The molecule has 7 nitrogen and oxygen atoms in total. The average Bonchev–Trinajstić information content (AvgIpc) is 2.73. The van der Waals surface area contributed by atoms with Crippen molar-refractivity contribution in [2.75, 3.05) is 25.4 Å². The molecule has 0 bridgehead atoms. The standard InChI is InChI=1S/C20H18Cl2N4O3S/c1-10-5-12-17-11(8-24-20(25-17)30(4)27)9-26(19(12)23-7-10)18-15(21)13(28-2)6-14(29-3)16(18)22/h5-8H,9H2,1-4H3. The Morgan fingerprint density at radius 2 is 1.73 bits per heavy atom. The number of rotatable bonds is 4. The van der Waals surface area contributed by atoms with Gasteiger partial charge in [0.15, 0.2) is 0 Å². The number of aryl methyl sites for hydroxylation is 1. The van der Waals surface area contributed by atoms with Gasteiger partial charge in [-0.25, -0.2) is 15.0 Å². The number of halogens is 2. The summed E-state index contributed by atoms with van der Waals surface area (Å²) < 4.78 is 22.8. The summed E-state index contributed by atoms with van der Waals surface area (Å²) in [4.78, 5) is 15.3. The van der Waals surface area contributed by atoms with Crippen LogP contribution >= 0.6 is 23.2 Å². The Balaban J connectivity index is 1.99. The first-order chi connectivity index (χ1) is 14.3. The molecule has 30 heavy (non-hydrogen) atoms. The van der Waals surface area contributed by atoms with Crippen molar-refractivity contribution in [3.8, 4) is 22.8 Å². The molecule has 10 heteroatoms. The van der Waals surface area contributed by atoms with Crippen molar-refractivity contribution < 1.29 is 13.7 Å². The van der Waals surface area contributed by atoms with Crippen molar-refractivity contribution >= 4 is 45.5 Å². The number of fused-ring (bicyclic) bond motifs is 3. The zero-order valence-corrected chi connectivity index (χ0v) is 19.0. The maximum atomic E-state index is 11.9. The summed E-state index contributed by atoms with van der Waals surface area (Å²) in [7, 11) is 1.75. The van der Waals surface area contributed by atoms with Gasteiger partial charge in [-0.3, -0.25) is 4.21 Å². The molecule has 1 atom stereocenters. The summed E-state index contributed by atoms with van der Waals surface area (Å²) >= 11 is 13.3. The van der Waals surface area contributed by atoms with Gasteiger partial charge in [0.1, 0.15) is 27.4 Å². The summed E-state index contributed by atoms with van der Waals surface area (Å²) in [6.07, 6.45) is 4.99. The van der Waals surface area contributed by atoms with E-state index in [-0.39, 0.29) is 5.16 Å². The van der Waals surface area contributed by atoms with Crippen LogP contribution in [0, 0.1) is 6.92 Å². The number of methoxy groups -OCH3 is 2. The Morgan fingerprint density at radius 3 is 2.33 bits per heavy atom. The fourth-order valence-corrected chi connectivity index (χ4v) is 4.49. The normalized spacial score (nSPS) is 13.5. The van der Waals surface area contributed by atoms with Gasteiger partial charge in [-0.2, -0.15) is 0 Å². The number of nitrogens with zero attached hydrogens (tertiary/aromatic N) is 4. The highest BCUT2D eigenvalue weighted by Crippen LogP contribution is 2.51. The minimum Gasteiger partial charge on any atom is -0.495 e. The van der Waals surface area contributed by atoms with E-state index in [0.717, 1.165) is 16.7 Å². The van der Waals surface area contributed by atoms with E-state index in [1.54, 1.807) is 24.7 Å². The average molecular weight is 465 g/mol. The minimum atomic E-state index is -1.30. The van der Waals surface area contributed by atoms with E-state index in [2.05, 4.69) is 15.0 Å². The van der Waals surface area contributed by atoms with Crippen LogP contribution in [0.2, 0.25) is 10.0 Å². The highest BCUT2D eigenvalue weighted by atomic mass is 35.5. The minimum absolute atomic E-state index is 0.272. The Bertz CT molecular complexity index is 1160. The second kappa shape index (κ2) is 8.02. The van der Waals surface area contributed by atoms with Gasteiger partial charge in [0.05, 0.1) is 42.9 Å². The van der Waals surface area contributed by atoms with E-state index in [4.69, 9.17) is 32.7 Å². The van der Waals surface area contributed by atoms with Crippen molar-refractivity contribution in [3.63, 3.8) is 0 Å².